The lowest BCUT2D eigenvalue weighted by Gasteiger charge is -2.48. The van der Waals surface area contributed by atoms with Crippen LogP contribution in [0.5, 0.6) is 5.88 Å². The fourth-order valence-electron chi connectivity index (χ4n) is 4.88. The van der Waals surface area contributed by atoms with Crippen molar-refractivity contribution in [3.63, 3.8) is 0 Å². The lowest BCUT2D eigenvalue weighted by Crippen LogP contribution is -2.55. The molecule has 0 bridgehead atoms. The van der Waals surface area contributed by atoms with E-state index < -0.39 is 23.0 Å². The second kappa shape index (κ2) is 10.4. The summed E-state index contributed by atoms with van der Waals surface area (Å²) in [6.07, 6.45) is 0.994. The minimum absolute atomic E-state index is 0.0868. The van der Waals surface area contributed by atoms with Crippen molar-refractivity contribution >= 4 is 23.0 Å². The average Bonchev–Trinajstić information content (AvgIpc) is 2.83. The molecule has 3 heterocycles. The number of amides is 1. The Labute approximate surface area is 214 Å². The van der Waals surface area contributed by atoms with E-state index in [1.807, 2.05) is 26.8 Å². The Morgan fingerprint density at radius 3 is 2.78 bits per heavy atom. The number of carboxylic acid groups (broad SMARTS) is 1. The van der Waals surface area contributed by atoms with E-state index in [-0.39, 0.29) is 18.6 Å². The summed E-state index contributed by atoms with van der Waals surface area (Å²) in [7, 11) is 3.16. The van der Waals surface area contributed by atoms with Crippen LogP contribution in [-0.4, -0.2) is 71.1 Å². The molecule has 8 nitrogen and oxygen atoms in total. The van der Waals surface area contributed by atoms with Crippen molar-refractivity contribution < 1.29 is 28.5 Å². The predicted octanol–water partition coefficient (Wildman–Crippen LogP) is 5.02. The summed E-state index contributed by atoms with van der Waals surface area (Å²) in [5.74, 6) is 0.490. The summed E-state index contributed by atoms with van der Waals surface area (Å²) < 4.78 is 32.5. The molecule has 1 amide bonds. The van der Waals surface area contributed by atoms with Gasteiger partial charge in [0.2, 0.25) is 5.88 Å². The van der Waals surface area contributed by atoms with Crippen LogP contribution in [0.1, 0.15) is 32.8 Å². The van der Waals surface area contributed by atoms with Gasteiger partial charge in [-0.3, -0.25) is 4.90 Å². The Morgan fingerprint density at radius 1 is 1.33 bits per heavy atom. The first-order valence-corrected chi connectivity index (χ1v) is 12.7. The van der Waals surface area contributed by atoms with Crippen molar-refractivity contribution in [3.05, 3.63) is 47.9 Å². The van der Waals surface area contributed by atoms with Gasteiger partial charge >= 0.3 is 6.09 Å². The molecule has 1 aromatic heterocycles. The largest absolute Gasteiger partial charge is 0.481 e. The van der Waals surface area contributed by atoms with Crippen LogP contribution in [-0.2, 0) is 15.0 Å². The molecule has 2 aliphatic rings. The highest BCUT2D eigenvalue weighted by atomic mass is 32.2. The van der Waals surface area contributed by atoms with Crippen LogP contribution >= 0.6 is 11.8 Å². The maximum absolute atomic E-state index is 15.7. The van der Waals surface area contributed by atoms with Crippen molar-refractivity contribution in [2.24, 2.45) is 10.9 Å². The van der Waals surface area contributed by atoms with E-state index in [0.717, 1.165) is 11.1 Å². The third-order valence-electron chi connectivity index (χ3n) is 6.58. The van der Waals surface area contributed by atoms with Crippen LogP contribution < -0.4 is 4.74 Å². The van der Waals surface area contributed by atoms with Crippen LogP contribution in [0.2, 0.25) is 0 Å². The minimum atomic E-state index is -1.11. The molecule has 0 unspecified atom stereocenters. The average molecular weight is 518 g/mol. The van der Waals surface area contributed by atoms with E-state index in [2.05, 4.69) is 4.98 Å². The molecule has 194 valence electrons. The third kappa shape index (κ3) is 4.94. The zero-order chi connectivity index (χ0) is 26.1. The van der Waals surface area contributed by atoms with E-state index in [1.165, 1.54) is 29.8 Å². The second-order valence-corrected chi connectivity index (χ2v) is 11.0. The van der Waals surface area contributed by atoms with Gasteiger partial charge in [0.05, 0.1) is 26.4 Å². The van der Waals surface area contributed by atoms with Gasteiger partial charge in [-0.2, -0.15) is 0 Å². The van der Waals surface area contributed by atoms with Crippen LogP contribution in [0.15, 0.2) is 41.5 Å². The highest BCUT2D eigenvalue weighted by molar-refractivity contribution is 8.13. The Kier molecular flexibility index (Phi) is 7.59. The fourth-order valence-corrected chi connectivity index (χ4v) is 6.35. The number of aromatic nitrogens is 1. The Hall–Kier alpha value is -2.69. The van der Waals surface area contributed by atoms with Crippen molar-refractivity contribution in [3.8, 4) is 17.0 Å². The molecule has 4 rings (SSSR count). The number of benzene rings is 1. The quantitative estimate of drug-likeness (QED) is 0.595. The molecule has 1 N–H and O–H groups in total. The zero-order valence-corrected chi connectivity index (χ0v) is 22.0. The number of methoxy groups -OCH3 is 2. The van der Waals surface area contributed by atoms with E-state index >= 15 is 4.39 Å². The molecule has 0 radical (unpaired) electrons. The summed E-state index contributed by atoms with van der Waals surface area (Å²) >= 11 is 1.38. The van der Waals surface area contributed by atoms with Crippen molar-refractivity contribution in [2.75, 3.05) is 33.2 Å². The number of amidine groups is 1. The van der Waals surface area contributed by atoms with Gasteiger partial charge in [-0.05, 0) is 57.0 Å². The molecule has 10 heteroatoms. The number of pyridine rings is 1. The van der Waals surface area contributed by atoms with Crippen molar-refractivity contribution in [2.45, 2.75) is 44.4 Å². The smallest absolute Gasteiger partial charge is 0.413 e. The van der Waals surface area contributed by atoms with Gasteiger partial charge in [-0.25, -0.2) is 19.2 Å². The molecular weight excluding hydrogens is 485 g/mol. The molecule has 0 aliphatic carbocycles. The summed E-state index contributed by atoms with van der Waals surface area (Å²) in [4.78, 5) is 22.8. The van der Waals surface area contributed by atoms with E-state index in [4.69, 9.17) is 19.2 Å². The molecule has 1 saturated heterocycles. The van der Waals surface area contributed by atoms with Gasteiger partial charge in [0.15, 0.2) is 5.17 Å². The number of carbonyl (C=O) groups is 1. The summed E-state index contributed by atoms with van der Waals surface area (Å²) in [6, 6.07) is 8.52. The number of aliphatic imine (C=N–C) groups is 1. The minimum Gasteiger partial charge on any atom is -0.481 e. The lowest BCUT2D eigenvalue weighted by atomic mass is 9.74. The number of halogens is 1. The highest BCUT2D eigenvalue weighted by Crippen LogP contribution is 2.49. The van der Waals surface area contributed by atoms with Gasteiger partial charge in [0.1, 0.15) is 11.4 Å². The number of rotatable bonds is 5. The van der Waals surface area contributed by atoms with Crippen LogP contribution in [0, 0.1) is 11.7 Å². The number of fused-ring (bicyclic) bond motifs is 1. The lowest BCUT2D eigenvalue weighted by molar-refractivity contribution is -0.0840. The van der Waals surface area contributed by atoms with E-state index in [9.17, 15) is 9.90 Å². The van der Waals surface area contributed by atoms with Crippen LogP contribution in [0.3, 0.4) is 0 Å². The zero-order valence-electron chi connectivity index (χ0n) is 21.2. The number of nitrogens with zero attached hydrogens (tertiary/aromatic N) is 3. The maximum Gasteiger partial charge on any atom is 0.413 e. The molecule has 2 aromatic rings. The number of thioether (sulfide) groups is 1. The molecule has 1 fully saturated rings. The van der Waals surface area contributed by atoms with Gasteiger partial charge in [-0.1, -0.05) is 17.8 Å². The van der Waals surface area contributed by atoms with Gasteiger partial charge in [0, 0.05) is 41.6 Å². The summed E-state index contributed by atoms with van der Waals surface area (Å²) in [6.45, 7) is 5.96. The van der Waals surface area contributed by atoms with E-state index in [0.29, 0.717) is 35.4 Å². The molecular formula is C26H32FN3O5S. The van der Waals surface area contributed by atoms with Crippen LogP contribution in [0.4, 0.5) is 9.18 Å². The fraction of sp³-hybridized carbons (Fsp3) is 0.500. The Balaban J connectivity index is 1.89. The first-order valence-electron chi connectivity index (χ1n) is 11.8. The Bertz CT molecular complexity index is 1150. The highest BCUT2D eigenvalue weighted by Gasteiger charge is 2.51. The number of ether oxygens (including phenoxy) is 3. The molecule has 0 saturated carbocycles. The molecule has 36 heavy (non-hydrogen) atoms. The molecule has 3 atom stereocenters. The van der Waals surface area contributed by atoms with Gasteiger partial charge in [0.25, 0.3) is 0 Å². The summed E-state index contributed by atoms with van der Waals surface area (Å²) in [5.41, 5.74) is -0.0182. The molecule has 2 aliphatic heterocycles. The van der Waals surface area contributed by atoms with E-state index in [1.54, 1.807) is 31.5 Å². The first kappa shape index (κ1) is 26.4. The maximum atomic E-state index is 15.7. The standard InChI is InChI=1S/C26H32FN3O5S/c1-25(2,3)30(24(31)32)23-29-26(15-35-18(13-33-4)12-17(26)14-36-23)20-11-16(8-9-21(20)27)19-7-6-10-28-22(19)34-5/h6-11,17-18H,12-15H2,1-5H3,(H,31,32)/t17-,18+,26-/m0/s1. The van der Waals surface area contributed by atoms with Gasteiger partial charge in [-0.15, -0.1) is 0 Å². The number of hydrogen-bond acceptors (Lipinski definition) is 7. The number of hydrogen-bond donors (Lipinski definition) is 1. The summed E-state index contributed by atoms with van der Waals surface area (Å²) in [5, 5.41) is 10.4. The van der Waals surface area contributed by atoms with Gasteiger partial charge < -0.3 is 19.3 Å². The van der Waals surface area contributed by atoms with Crippen molar-refractivity contribution in [1.29, 1.82) is 0 Å². The second-order valence-electron chi connectivity index (χ2n) is 9.99. The first-order chi connectivity index (χ1) is 17.1. The Morgan fingerprint density at radius 2 is 2.11 bits per heavy atom. The monoisotopic (exact) mass is 517 g/mol. The molecule has 0 spiro atoms. The normalized spacial score (nSPS) is 24.0. The SMILES string of the molecule is COC[C@H]1C[C@H]2CSC(N(C(=O)O)C(C)(C)C)=N[C@@]2(c2cc(-c3cccnc3OC)ccc2F)CO1. The molecule has 1 aromatic carbocycles. The third-order valence-corrected chi connectivity index (χ3v) is 7.69. The van der Waals surface area contributed by atoms with Crippen LogP contribution in [0.25, 0.3) is 11.1 Å². The van der Waals surface area contributed by atoms with Crippen molar-refractivity contribution in [1.82, 2.24) is 9.88 Å². The predicted molar refractivity (Wildman–Crippen MR) is 137 cm³/mol. The topological polar surface area (TPSA) is 93.5 Å².